The van der Waals surface area contributed by atoms with Crippen molar-refractivity contribution in [3.63, 3.8) is 0 Å². The Bertz CT molecular complexity index is 821. The van der Waals surface area contributed by atoms with Crippen LogP contribution in [0.25, 0.3) is 16.6 Å². The van der Waals surface area contributed by atoms with Crippen LogP contribution in [0.1, 0.15) is 10.5 Å². The fourth-order valence-corrected chi connectivity index (χ4v) is 2.37. The second-order valence-electron chi connectivity index (χ2n) is 4.52. The maximum absolute atomic E-state index is 13.1. The lowest BCUT2D eigenvalue weighted by atomic mass is 10.2. The highest BCUT2D eigenvalue weighted by Gasteiger charge is 2.23. The van der Waals surface area contributed by atoms with Crippen LogP contribution in [0.2, 0.25) is 0 Å². The zero-order valence-corrected chi connectivity index (χ0v) is 11.2. The number of rotatable bonds is 2. The van der Waals surface area contributed by atoms with Crippen molar-refractivity contribution in [1.82, 2.24) is 4.57 Å². The molecule has 0 radical (unpaired) electrons. The summed E-state index contributed by atoms with van der Waals surface area (Å²) >= 11 is 0. The van der Waals surface area contributed by atoms with E-state index in [0.717, 1.165) is 0 Å². The number of ether oxygens (including phenoxy) is 1. The standard InChI is InChI=1S/C16H12FNO3/c1-21-16(20)14-15(19)12-4-2-3-5-13(12)18(14)11-8-6-10(17)7-9-11/h2-9,19H,1H3. The lowest BCUT2D eigenvalue weighted by Gasteiger charge is -2.09. The number of fused-ring (bicyclic) bond motifs is 1. The third-order valence-electron chi connectivity index (χ3n) is 3.31. The van der Waals surface area contributed by atoms with Gasteiger partial charge in [-0.05, 0) is 36.4 Å². The molecule has 0 fully saturated rings. The van der Waals surface area contributed by atoms with Crippen LogP contribution in [0.5, 0.6) is 5.75 Å². The molecule has 1 heterocycles. The molecule has 0 saturated carbocycles. The number of nitrogens with zero attached hydrogens (tertiary/aromatic N) is 1. The summed E-state index contributed by atoms with van der Waals surface area (Å²) < 4.78 is 19.4. The molecule has 0 saturated heterocycles. The Kier molecular flexibility index (Phi) is 3.10. The first-order valence-electron chi connectivity index (χ1n) is 6.30. The van der Waals surface area contributed by atoms with E-state index in [4.69, 9.17) is 4.74 Å². The lowest BCUT2D eigenvalue weighted by molar-refractivity contribution is 0.0588. The van der Waals surface area contributed by atoms with E-state index in [1.165, 1.54) is 31.4 Å². The number of hydrogen-bond acceptors (Lipinski definition) is 3. The van der Waals surface area contributed by atoms with E-state index in [0.29, 0.717) is 16.6 Å². The van der Waals surface area contributed by atoms with E-state index in [9.17, 15) is 14.3 Å². The molecule has 0 spiro atoms. The first kappa shape index (κ1) is 13.2. The summed E-state index contributed by atoms with van der Waals surface area (Å²) in [6, 6.07) is 12.7. The van der Waals surface area contributed by atoms with Crippen molar-refractivity contribution in [2.45, 2.75) is 0 Å². The molecule has 1 N–H and O–H groups in total. The molecule has 0 aliphatic heterocycles. The number of carbonyl (C=O) groups excluding carboxylic acids is 1. The Hall–Kier alpha value is -2.82. The van der Waals surface area contributed by atoms with Gasteiger partial charge in [0.25, 0.3) is 0 Å². The molecular formula is C16H12FNO3. The van der Waals surface area contributed by atoms with Crippen LogP contribution in [-0.4, -0.2) is 22.8 Å². The third kappa shape index (κ3) is 2.03. The van der Waals surface area contributed by atoms with Gasteiger partial charge in [0.1, 0.15) is 5.82 Å². The molecule has 3 rings (SSSR count). The Labute approximate surface area is 120 Å². The van der Waals surface area contributed by atoms with Crippen molar-refractivity contribution in [3.05, 3.63) is 60.0 Å². The minimum absolute atomic E-state index is 0.0188. The molecule has 3 aromatic rings. The summed E-state index contributed by atoms with van der Waals surface area (Å²) in [6.45, 7) is 0. The number of para-hydroxylation sites is 1. The van der Waals surface area contributed by atoms with Crippen LogP contribution in [-0.2, 0) is 4.74 Å². The summed E-state index contributed by atoms with van der Waals surface area (Å²) in [5, 5.41) is 10.8. The number of esters is 1. The predicted molar refractivity (Wildman–Crippen MR) is 76.2 cm³/mol. The van der Waals surface area contributed by atoms with Gasteiger partial charge >= 0.3 is 5.97 Å². The number of aromatic nitrogens is 1. The maximum Gasteiger partial charge on any atom is 0.358 e. The smallest absolute Gasteiger partial charge is 0.358 e. The highest BCUT2D eigenvalue weighted by atomic mass is 19.1. The molecule has 0 unspecified atom stereocenters. The number of carbonyl (C=O) groups is 1. The lowest BCUT2D eigenvalue weighted by Crippen LogP contribution is -2.09. The zero-order valence-electron chi connectivity index (χ0n) is 11.2. The summed E-state index contributed by atoms with van der Waals surface area (Å²) in [5.74, 6) is -1.19. The summed E-state index contributed by atoms with van der Waals surface area (Å²) in [6.07, 6.45) is 0. The predicted octanol–water partition coefficient (Wildman–Crippen LogP) is 3.26. The van der Waals surface area contributed by atoms with Gasteiger partial charge < -0.3 is 14.4 Å². The number of methoxy groups -OCH3 is 1. The molecule has 2 aromatic carbocycles. The van der Waals surface area contributed by atoms with E-state index in [-0.39, 0.29) is 17.3 Å². The number of halogens is 1. The third-order valence-corrected chi connectivity index (χ3v) is 3.31. The molecule has 0 atom stereocenters. The second-order valence-corrected chi connectivity index (χ2v) is 4.52. The minimum Gasteiger partial charge on any atom is -0.505 e. The number of aromatic hydroxyl groups is 1. The van der Waals surface area contributed by atoms with Gasteiger partial charge in [-0.1, -0.05) is 12.1 Å². The minimum atomic E-state index is -0.659. The van der Waals surface area contributed by atoms with Crippen LogP contribution < -0.4 is 0 Å². The van der Waals surface area contributed by atoms with Gasteiger partial charge in [0, 0.05) is 11.1 Å². The molecule has 0 aliphatic rings. The zero-order chi connectivity index (χ0) is 15.0. The number of hydrogen-bond donors (Lipinski definition) is 1. The Balaban J connectivity index is 2.38. The SMILES string of the molecule is COC(=O)c1c(O)c2ccccc2n1-c1ccc(F)cc1. The normalized spacial score (nSPS) is 10.8. The van der Waals surface area contributed by atoms with Crippen molar-refractivity contribution < 1.29 is 19.0 Å². The Morgan fingerprint density at radius 3 is 2.48 bits per heavy atom. The van der Waals surface area contributed by atoms with Crippen molar-refractivity contribution >= 4 is 16.9 Å². The molecule has 5 heteroatoms. The Morgan fingerprint density at radius 2 is 1.81 bits per heavy atom. The van der Waals surface area contributed by atoms with E-state index < -0.39 is 5.97 Å². The fraction of sp³-hybridized carbons (Fsp3) is 0.0625. The monoisotopic (exact) mass is 285 g/mol. The van der Waals surface area contributed by atoms with Crippen LogP contribution in [0, 0.1) is 5.82 Å². The molecule has 106 valence electrons. The first-order chi connectivity index (χ1) is 10.1. The van der Waals surface area contributed by atoms with Gasteiger partial charge in [0.05, 0.1) is 12.6 Å². The summed E-state index contributed by atoms with van der Waals surface area (Å²) in [5.41, 5.74) is 1.22. The highest BCUT2D eigenvalue weighted by molar-refractivity contribution is 6.02. The maximum atomic E-state index is 13.1. The molecule has 1 aromatic heterocycles. The van der Waals surface area contributed by atoms with Gasteiger partial charge in [0.2, 0.25) is 0 Å². The summed E-state index contributed by atoms with van der Waals surface area (Å²) in [4.78, 5) is 12.0. The molecule has 21 heavy (non-hydrogen) atoms. The van der Waals surface area contributed by atoms with Gasteiger partial charge in [-0.2, -0.15) is 0 Å². The van der Waals surface area contributed by atoms with Crippen LogP contribution in [0.3, 0.4) is 0 Å². The molecule has 0 bridgehead atoms. The van der Waals surface area contributed by atoms with Crippen molar-refractivity contribution in [2.75, 3.05) is 7.11 Å². The molecular weight excluding hydrogens is 273 g/mol. The van der Waals surface area contributed by atoms with Crippen LogP contribution in [0.15, 0.2) is 48.5 Å². The molecule has 0 aliphatic carbocycles. The largest absolute Gasteiger partial charge is 0.505 e. The first-order valence-corrected chi connectivity index (χ1v) is 6.30. The van der Waals surface area contributed by atoms with Crippen LogP contribution in [0.4, 0.5) is 4.39 Å². The van der Waals surface area contributed by atoms with E-state index >= 15 is 0 Å². The highest BCUT2D eigenvalue weighted by Crippen LogP contribution is 2.35. The van der Waals surface area contributed by atoms with Crippen molar-refractivity contribution in [3.8, 4) is 11.4 Å². The quantitative estimate of drug-likeness (QED) is 0.735. The summed E-state index contributed by atoms with van der Waals surface area (Å²) in [7, 11) is 1.24. The van der Waals surface area contributed by atoms with Crippen molar-refractivity contribution in [1.29, 1.82) is 0 Å². The average Bonchev–Trinajstić information content (AvgIpc) is 2.81. The van der Waals surface area contributed by atoms with Gasteiger partial charge in [-0.25, -0.2) is 9.18 Å². The topological polar surface area (TPSA) is 51.5 Å². The van der Waals surface area contributed by atoms with E-state index in [1.54, 1.807) is 28.8 Å². The molecule has 0 amide bonds. The second kappa shape index (κ2) is 4.94. The van der Waals surface area contributed by atoms with Gasteiger partial charge in [-0.15, -0.1) is 0 Å². The Morgan fingerprint density at radius 1 is 1.14 bits per heavy atom. The van der Waals surface area contributed by atoms with Crippen molar-refractivity contribution in [2.24, 2.45) is 0 Å². The number of benzene rings is 2. The van der Waals surface area contributed by atoms with E-state index in [1.807, 2.05) is 0 Å². The van der Waals surface area contributed by atoms with E-state index in [2.05, 4.69) is 0 Å². The van der Waals surface area contributed by atoms with Gasteiger partial charge in [-0.3, -0.25) is 0 Å². The fourth-order valence-electron chi connectivity index (χ4n) is 2.37. The average molecular weight is 285 g/mol. The van der Waals surface area contributed by atoms with Gasteiger partial charge in [0.15, 0.2) is 11.4 Å². The molecule has 4 nitrogen and oxygen atoms in total. The van der Waals surface area contributed by atoms with Crippen LogP contribution >= 0.6 is 0 Å².